The maximum atomic E-state index is 12.9. The number of H-pyrrole nitrogens is 1. The highest BCUT2D eigenvalue weighted by Crippen LogP contribution is 2.40. The second kappa shape index (κ2) is 10.1. The Balaban J connectivity index is 1.80. The van der Waals surface area contributed by atoms with Gasteiger partial charge in [0, 0.05) is 48.3 Å². The molecule has 2 aromatic rings. The number of carbonyl (C=O) groups excluding carboxylic acids is 1. The van der Waals surface area contributed by atoms with Crippen LogP contribution in [0.5, 0.6) is 5.75 Å². The van der Waals surface area contributed by atoms with Gasteiger partial charge in [-0.15, -0.1) is 4.72 Å². The lowest BCUT2D eigenvalue weighted by molar-refractivity contribution is 0.0673. The Hall–Kier alpha value is -1.71. The van der Waals surface area contributed by atoms with Crippen molar-refractivity contribution in [2.24, 2.45) is 5.92 Å². The van der Waals surface area contributed by atoms with Crippen LogP contribution in [0.2, 0.25) is 10.0 Å². The van der Waals surface area contributed by atoms with Crippen molar-refractivity contribution in [1.82, 2.24) is 14.6 Å². The zero-order valence-corrected chi connectivity index (χ0v) is 20.5. The van der Waals surface area contributed by atoms with Crippen LogP contribution in [0, 0.1) is 5.92 Å². The molecule has 7 nitrogen and oxygen atoms in total. The van der Waals surface area contributed by atoms with Crippen molar-refractivity contribution in [1.29, 1.82) is 0 Å². The molecule has 1 aliphatic rings. The summed E-state index contributed by atoms with van der Waals surface area (Å²) in [6.07, 6.45) is 2.68. The summed E-state index contributed by atoms with van der Waals surface area (Å²) in [5.74, 6) is -0.168. The van der Waals surface area contributed by atoms with Crippen LogP contribution in [0.3, 0.4) is 0 Å². The largest absolute Gasteiger partial charge is 0.598 e. The number of phenols is 1. The maximum absolute atomic E-state index is 12.9. The molecular formula is C22H27Cl2N3O4S. The molecule has 1 amide bonds. The molecule has 1 aromatic heterocycles. The summed E-state index contributed by atoms with van der Waals surface area (Å²) in [7, 11) is 0. The number of pyridine rings is 1. The molecule has 174 valence electrons. The van der Waals surface area contributed by atoms with Crippen molar-refractivity contribution in [3.05, 3.63) is 62.0 Å². The van der Waals surface area contributed by atoms with E-state index in [1.54, 1.807) is 11.0 Å². The smallest absolute Gasteiger partial charge is 0.255 e. The van der Waals surface area contributed by atoms with E-state index in [1.807, 2.05) is 20.8 Å². The summed E-state index contributed by atoms with van der Waals surface area (Å²) < 4.78 is 15.6. The van der Waals surface area contributed by atoms with E-state index in [1.165, 1.54) is 24.4 Å². The summed E-state index contributed by atoms with van der Waals surface area (Å²) in [4.78, 5) is 28.3. The van der Waals surface area contributed by atoms with Crippen molar-refractivity contribution in [2.45, 2.75) is 44.4 Å². The van der Waals surface area contributed by atoms with Crippen LogP contribution in [-0.2, 0) is 11.4 Å². The Labute approximate surface area is 200 Å². The van der Waals surface area contributed by atoms with Gasteiger partial charge in [-0.3, -0.25) is 9.59 Å². The van der Waals surface area contributed by atoms with E-state index in [2.05, 4.69) is 9.71 Å². The minimum atomic E-state index is -1.39. The number of aromatic nitrogens is 1. The predicted molar refractivity (Wildman–Crippen MR) is 128 cm³/mol. The number of phenolic OH excluding ortho intramolecular Hbond substituents is 1. The first-order valence-corrected chi connectivity index (χ1v) is 12.2. The molecule has 2 unspecified atom stereocenters. The molecule has 1 aromatic carbocycles. The van der Waals surface area contributed by atoms with Gasteiger partial charge in [-0.25, -0.2) is 0 Å². The van der Waals surface area contributed by atoms with Gasteiger partial charge in [0.15, 0.2) is 0 Å². The lowest BCUT2D eigenvalue weighted by atomic mass is 9.85. The molecule has 32 heavy (non-hydrogen) atoms. The number of aromatic amines is 1. The van der Waals surface area contributed by atoms with Crippen molar-refractivity contribution < 1.29 is 14.5 Å². The first kappa shape index (κ1) is 24.9. The highest BCUT2D eigenvalue weighted by molar-refractivity contribution is 7.90. The van der Waals surface area contributed by atoms with Gasteiger partial charge < -0.3 is 19.5 Å². The number of halogens is 2. The molecule has 0 spiro atoms. The Morgan fingerprint density at radius 3 is 2.44 bits per heavy atom. The predicted octanol–water partition coefficient (Wildman–Crippen LogP) is 4.03. The Morgan fingerprint density at radius 1 is 1.25 bits per heavy atom. The van der Waals surface area contributed by atoms with E-state index in [9.17, 15) is 19.2 Å². The molecule has 2 atom stereocenters. The van der Waals surface area contributed by atoms with Crippen LogP contribution in [0.15, 0.2) is 35.3 Å². The standard InChI is InChI=1S/C22H27Cl2N3O4S/c1-22(2,3)32(31)26-20(15-10-16(23)17(24)11-18(15)28)13-6-8-27(9-7-13)21(30)14-4-5-19(29)25-12-14/h4-5,10-13,20,26,28H,6-9H2,1-3H3,(H,25,29). The van der Waals surface area contributed by atoms with Gasteiger partial charge in [-0.1, -0.05) is 23.2 Å². The van der Waals surface area contributed by atoms with Gasteiger partial charge in [-0.2, -0.15) is 0 Å². The summed E-state index contributed by atoms with van der Waals surface area (Å²) in [6, 6.07) is 5.40. The zero-order valence-electron chi connectivity index (χ0n) is 18.2. The number of piperidine rings is 1. The molecule has 0 bridgehead atoms. The average Bonchev–Trinajstić information content (AvgIpc) is 2.74. The number of nitrogens with one attached hydrogen (secondary N) is 2. The van der Waals surface area contributed by atoms with Crippen LogP contribution in [-0.4, -0.2) is 43.3 Å². The summed E-state index contributed by atoms with van der Waals surface area (Å²) in [6.45, 7) is 6.59. The minimum absolute atomic E-state index is 0.00377. The quantitative estimate of drug-likeness (QED) is 0.538. The van der Waals surface area contributed by atoms with Crippen molar-refractivity contribution in [2.75, 3.05) is 13.1 Å². The molecular weight excluding hydrogens is 473 g/mol. The third-order valence-corrected chi connectivity index (χ3v) is 7.83. The highest BCUT2D eigenvalue weighted by atomic mass is 35.5. The fraction of sp³-hybridized carbons (Fsp3) is 0.455. The number of benzene rings is 1. The zero-order chi connectivity index (χ0) is 23.6. The number of likely N-dealkylation sites (tertiary alicyclic amines) is 1. The number of amides is 1. The molecule has 10 heteroatoms. The fourth-order valence-electron chi connectivity index (χ4n) is 3.67. The van der Waals surface area contributed by atoms with E-state index in [4.69, 9.17) is 23.2 Å². The summed E-state index contributed by atoms with van der Waals surface area (Å²) >= 11 is 10.9. The SMILES string of the molecule is CC(C)(C)[S+]([O-])NC(c1cc(Cl)c(Cl)cc1O)C1CCN(C(=O)c2ccc(=O)[nH]c2)CC1. The number of hydrogen-bond acceptors (Lipinski definition) is 5. The number of aromatic hydroxyl groups is 1. The van der Waals surface area contributed by atoms with Crippen LogP contribution in [0.4, 0.5) is 0 Å². The molecule has 1 fully saturated rings. The van der Waals surface area contributed by atoms with E-state index >= 15 is 0 Å². The molecule has 3 rings (SSSR count). The van der Waals surface area contributed by atoms with Crippen LogP contribution in [0.25, 0.3) is 0 Å². The molecule has 0 saturated carbocycles. The van der Waals surface area contributed by atoms with Gasteiger partial charge in [-0.05, 0) is 51.7 Å². The lowest BCUT2D eigenvalue weighted by Gasteiger charge is -2.38. The lowest BCUT2D eigenvalue weighted by Crippen LogP contribution is -2.46. The van der Waals surface area contributed by atoms with Crippen molar-refractivity contribution in [3.63, 3.8) is 0 Å². The third-order valence-electron chi connectivity index (χ3n) is 5.52. The van der Waals surface area contributed by atoms with Gasteiger partial charge in [0.2, 0.25) is 5.56 Å². The Kier molecular flexibility index (Phi) is 7.83. The van der Waals surface area contributed by atoms with Gasteiger partial charge in [0.05, 0.1) is 21.7 Å². The van der Waals surface area contributed by atoms with Gasteiger partial charge in [0.25, 0.3) is 5.91 Å². The van der Waals surface area contributed by atoms with E-state index in [0.717, 1.165) is 0 Å². The second-order valence-corrected chi connectivity index (χ2v) is 11.7. The number of rotatable bonds is 5. The third kappa shape index (κ3) is 5.80. The minimum Gasteiger partial charge on any atom is -0.598 e. The molecule has 0 aliphatic carbocycles. The molecule has 0 radical (unpaired) electrons. The van der Waals surface area contributed by atoms with Crippen LogP contribution >= 0.6 is 23.2 Å². The molecule has 3 N–H and O–H groups in total. The normalized spacial score (nSPS) is 17.2. The molecule has 2 heterocycles. The average molecular weight is 500 g/mol. The second-order valence-electron chi connectivity index (χ2n) is 8.87. The first-order chi connectivity index (χ1) is 15.0. The molecule has 1 saturated heterocycles. The number of nitrogens with zero attached hydrogens (tertiary/aromatic N) is 1. The Morgan fingerprint density at radius 2 is 1.88 bits per heavy atom. The molecule has 1 aliphatic heterocycles. The van der Waals surface area contributed by atoms with Crippen molar-refractivity contribution >= 4 is 40.5 Å². The topological polar surface area (TPSA) is 108 Å². The number of hydrogen-bond donors (Lipinski definition) is 3. The van der Waals surface area contributed by atoms with E-state index in [-0.39, 0.29) is 28.2 Å². The summed E-state index contributed by atoms with van der Waals surface area (Å²) in [5.41, 5.74) is 0.693. The van der Waals surface area contributed by atoms with Gasteiger partial charge >= 0.3 is 0 Å². The first-order valence-electron chi connectivity index (χ1n) is 10.3. The van der Waals surface area contributed by atoms with E-state index < -0.39 is 22.2 Å². The van der Waals surface area contributed by atoms with Crippen LogP contribution in [0.1, 0.15) is 55.6 Å². The fourth-order valence-corrected chi connectivity index (χ4v) is 4.90. The van der Waals surface area contributed by atoms with Crippen molar-refractivity contribution in [3.8, 4) is 5.75 Å². The van der Waals surface area contributed by atoms with E-state index in [0.29, 0.717) is 42.1 Å². The van der Waals surface area contributed by atoms with Crippen LogP contribution < -0.4 is 10.3 Å². The summed E-state index contributed by atoms with van der Waals surface area (Å²) in [5, 5.41) is 11.1. The monoisotopic (exact) mass is 499 g/mol. The maximum Gasteiger partial charge on any atom is 0.255 e. The highest BCUT2D eigenvalue weighted by Gasteiger charge is 2.37. The van der Waals surface area contributed by atoms with Gasteiger partial charge in [0.1, 0.15) is 10.5 Å². The number of carbonyl (C=O) groups is 1. The Bertz CT molecular complexity index is 1010.